The van der Waals surface area contributed by atoms with Gasteiger partial charge in [-0.2, -0.15) is 0 Å². The number of halogens is 2. The first-order chi connectivity index (χ1) is 8.60. The summed E-state index contributed by atoms with van der Waals surface area (Å²) < 4.78 is 18.1. The van der Waals surface area contributed by atoms with Gasteiger partial charge in [0.05, 0.1) is 17.3 Å². The Labute approximate surface area is 109 Å². The number of aromatic nitrogens is 2. The van der Waals surface area contributed by atoms with Gasteiger partial charge in [0.25, 0.3) is 0 Å². The number of hydrogen-bond donors (Lipinski definition) is 1. The zero-order valence-corrected chi connectivity index (χ0v) is 10.4. The number of anilines is 1. The van der Waals surface area contributed by atoms with Crippen molar-refractivity contribution in [3.8, 4) is 11.4 Å². The van der Waals surface area contributed by atoms with Crippen LogP contribution in [0, 0.1) is 5.82 Å². The third kappa shape index (κ3) is 2.75. The van der Waals surface area contributed by atoms with Gasteiger partial charge in [0.2, 0.25) is 0 Å². The van der Waals surface area contributed by atoms with Crippen LogP contribution in [0.25, 0.3) is 11.4 Å². The van der Waals surface area contributed by atoms with Crippen LogP contribution in [0.1, 0.15) is 5.69 Å². The molecule has 94 valence electrons. The topological polar surface area (TPSA) is 61.0 Å². The second-order valence-corrected chi connectivity index (χ2v) is 4.08. The number of ether oxygens (including phenoxy) is 1. The Kier molecular flexibility index (Phi) is 3.74. The number of rotatable bonds is 3. The fraction of sp³-hybridized carbons (Fsp3) is 0.167. The van der Waals surface area contributed by atoms with Gasteiger partial charge in [0.1, 0.15) is 11.6 Å². The number of hydrogen-bond acceptors (Lipinski definition) is 4. The minimum atomic E-state index is -0.485. The largest absolute Gasteiger partial charge is 0.384 e. The Morgan fingerprint density at radius 1 is 1.33 bits per heavy atom. The predicted octanol–water partition coefficient (Wildman–Crippen LogP) is 2.66. The molecular weight excluding hydrogens is 257 g/mol. The lowest BCUT2D eigenvalue weighted by atomic mass is 10.2. The minimum Gasteiger partial charge on any atom is -0.384 e. The van der Waals surface area contributed by atoms with E-state index in [1.165, 1.54) is 12.1 Å². The van der Waals surface area contributed by atoms with Crippen molar-refractivity contribution in [3.63, 3.8) is 0 Å². The molecule has 0 radical (unpaired) electrons. The van der Waals surface area contributed by atoms with E-state index in [0.717, 1.165) is 0 Å². The van der Waals surface area contributed by atoms with Crippen molar-refractivity contribution >= 4 is 17.4 Å². The van der Waals surface area contributed by atoms with Crippen molar-refractivity contribution in [2.45, 2.75) is 6.61 Å². The molecule has 0 aliphatic rings. The standard InChI is InChI=1S/C12H11ClFN3O/c1-18-6-8-5-11(15)17-12(16-8)7-2-3-10(14)9(13)4-7/h2-5H,6H2,1H3,(H2,15,16,17). The molecule has 0 bridgehead atoms. The normalized spacial score (nSPS) is 10.6. The molecule has 0 atom stereocenters. The van der Waals surface area contributed by atoms with Gasteiger partial charge in [-0.15, -0.1) is 0 Å². The van der Waals surface area contributed by atoms with Crippen molar-refractivity contribution in [2.75, 3.05) is 12.8 Å². The van der Waals surface area contributed by atoms with Gasteiger partial charge in [-0.1, -0.05) is 11.6 Å². The Morgan fingerprint density at radius 2 is 2.11 bits per heavy atom. The van der Waals surface area contributed by atoms with E-state index in [-0.39, 0.29) is 5.02 Å². The molecule has 0 amide bonds. The van der Waals surface area contributed by atoms with Crippen LogP contribution >= 0.6 is 11.6 Å². The highest BCUT2D eigenvalue weighted by molar-refractivity contribution is 6.31. The van der Waals surface area contributed by atoms with Crippen molar-refractivity contribution < 1.29 is 9.13 Å². The summed E-state index contributed by atoms with van der Waals surface area (Å²) in [6, 6.07) is 5.90. The monoisotopic (exact) mass is 267 g/mol. The zero-order chi connectivity index (χ0) is 13.1. The molecule has 0 saturated heterocycles. The molecule has 0 fully saturated rings. The van der Waals surface area contributed by atoms with Crippen molar-refractivity contribution in [3.05, 3.63) is 40.8 Å². The van der Waals surface area contributed by atoms with Crippen LogP contribution in [0.3, 0.4) is 0 Å². The fourth-order valence-corrected chi connectivity index (χ4v) is 1.69. The molecule has 2 aromatic rings. The SMILES string of the molecule is COCc1cc(N)nc(-c2ccc(F)c(Cl)c2)n1. The average Bonchev–Trinajstić information content (AvgIpc) is 2.32. The van der Waals surface area contributed by atoms with Crippen LogP contribution in [0.15, 0.2) is 24.3 Å². The van der Waals surface area contributed by atoms with E-state index in [1.54, 1.807) is 19.2 Å². The van der Waals surface area contributed by atoms with Gasteiger partial charge in [-0.25, -0.2) is 14.4 Å². The summed E-state index contributed by atoms with van der Waals surface area (Å²) in [7, 11) is 1.56. The van der Waals surface area contributed by atoms with E-state index in [4.69, 9.17) is 22.1 Å². The highest BCUT2D eigenvalue weighted by Gasteiger charge is 2.08. The fourth-order valence-electron chi connectivity index (χ4n) is 1.50. The summed E-state index contributed by atoms with van der Waals surface area (Å²) in [5.41, 5.74) is 6.94. The Hall–Kier alpha value is -1.72. The maximum absolute atomic E-state index is 13.1. The molecular formula is C12H11ClFN3O. The quantitative estimate of drug-likeness (QED) is 0.929. The molecule has 0 spiro atoms. The van der Waals surface area contributed by atoms with Gasteiger partial charge >= 0.3 is 0 Å². The number of nitrogen functional groups attached to an aromatic ring is 1. The van der Waals surface area contributed by atoms with Crippen LogP contribution < -0.4 is 5.73 Å². The van der Waals surface area contributed by atoms with E-state index < -0.39 is 5.82 Å². The van der Waals surface area contributed by atoms with Gasteiger partial charge in [0.15, 0.2) is 5.82 Å². The van der Waals surface area contributed by atoms with Crippen LogP contribution in [0.2, 0.25) is 5.02 Å². The molecule has 0 aliphatic heterocycles. The molecule has 0 unspecified atom stereocenters. The summed E-state index contributed by atoms with van der Waals surface area (Å²) >= 11 is 5.72. The third-order valence-electron chi connectivity index (χ3n) is 2.27. The summed E-state index contributed by atoms with van der Waals surface area (Å²) in [5.74, 6) is 0.234. The lowest BCUT2D eigenvalue weighted by Gasteiger charge is -2.06. The summed E-state index contributed by atoms with van der Waals surface area (Å²) in [6.45, 7) is 0.328. The van der Waals surface area contributed by atoms with Gasteiger partial charge in [-0.3, -0.25) is 0 Å². The molecule has 1 aromatic heterocycles. The average molecular weight is 268 g/mol. The maximum atomic E-state index is 13.1. The lowest BCUT2D eigenvalue weighted by molar-refractivity contribution is 0.181. The Morgan fingerprint density at radius 3 is 2.78 bits per heavy atom. The molecule has 2 rings (SSSR count). The molecule has 1 heterocycles. The Balaban J connectivity index is 2.46. The first-order valence-corrected chi connectivity index (χ1v) is 5.55. The van der Waals surface area contributed by atoms with E-state index in [2.05, 4.69) is 9.97 Å². The second-order valence-electron chi connectivity index (χ2n) is 3.67. The van der Waals surface area contributed by atoms with Crippen LogP contribution in [-0.2, 0) is 11.3 Å². The molecule has 6 heteroatoms. The van der Waals surface area contributed by atoms with Crippen LogP contribution in [0.4, 0.5) is 10.2 Å². The molecule has 18 heavy (non-hydrogen) atoms. The maximum Gasteiger partial charge on any atom is 0.161 e. The van der Waals surface area contributed by atoms with Gasteiger partial charge in [-0.05, 0) is 18.2 Å². The number of benzene rings is 1. The van der Waals surface area contributed by atoms with Crippen molar-refractivity contribution in [1.29, 1.82) is 0 Å². The van der Waals surface area contributed by atoms with E-state index in [0.29, 0.717) is 29.5 Å². The lowest BCUT2D eigenvalue weighted by Crippen LogP contribution is -2.01. The summed E-state index contributed by atoms with van der Waals surface area (Å²) in [6.07, 6.45) is 0. The highest BCUT2D eigenvalue weighted by Crippen LogP contribution is 2.23. The number of nitrogens with two attached hydrogens (primary N) is 1. The summed E-state index contributed by atoms with van der Waals surface area (Å²) in [5, 5.41) is 0.0202. The minimum absolute atomic E-state index is 0.0202. The molecule has 1 aromatic carbocycles. The van der Waals surface area contributed by atoms with Crippen molar-refractivity contribution in [2.24, 2.45) is 0 Å². The summed E-state index contributed by atoms with van der Waals surface area (Å²) in [4.78, 5) is 8.35. The molecule has 2 N–H and O–H groups in total. The van der Waals surface area contributed by atoms with Crippen LogP contribution in [-0.4, -0.2) is 17.1 Å². The zero-order valence-electron chi connectivity index (χ0n) is 9.65. The van der Waals surface area contributed by atoms with E-state index in [9.17, 15) is 4.39 Å². The van der Waals surface area contributed by atoms with Crippen LogP contribution in [0.5, 0.6) is 0 Å². The van der Waals surface area contributed by atoms with Crippen molar-refractivity contribution in [1.82, 2.24) is 9.97 Å². The third-order valence-corrected chi connectivity index (χ3v) is 2.56. The molecule has 4 nitrogen and oxygen atoms in total. The molecule has 0 saturated carbocycles. The second kappa shape index (κ2) is 5.29. The highest BCUT2D eigenvalue weighted by atomic mass is 35.5. The first kappa shape index (κ1) is 12.7. The smallest absolute Gasteiger partial charge is 0.161 e. The van der Waals surface area contributed by atoms with E-state index >= 15 is 0 Å². The Bertz CT molecular complexity index is 577. The van der Waals surface area contributed by atoms with Gasteiger partial charge < -0.3 is 10.5 Å². The number of nitrogens with zero attached hydrogens (tertiary/aromatic N) is 2. The van der Waals surface area contributed by atoms with Gasteiger partial charge in [0, 0.05) is 18.7 Å². The number of methoxy groups -OCH3 is 1. The molecule has 0 aliphatic carbocycles. The first-order valence-electron chi connectivity index (χ1n) is 5.18. The van der Waals surface area contributed by atoms with E-state index in [1.807, 2.05) is 0 Å². The predicted molar refractivity (Wildman–Crippen MR) is 67.6 cm³/mol.